The number of aliphatic hydroxyl groups is 1. The van der Waals surface area contributed by atoms with Gasteiger partial charge in [-0.1, -0.05) is 11.6 Å². The Morgan fingerprint density at radius 1 is 1.41 bits per heavy atom. The molecule has 0 fully saturated rings. The number of benzene rings is 1. The summed E-state index contributed by atoms with van der Waals surface area (Å²) >= 11 is 1.57. The highest BCUT2D eigenvalue weighted by atomic mass is 32.1. The Bertz CT molecular complexity index is 508. The summed E-state index contributed by atoms with van der Waals surface area (Å²) in [4.78, 5) is 4.50. The second-order valence-corrected chi connectivity index (χ2v) is 4.75. The maximum Gasteiger partial charge on any atom is 0.128 e. The van der Waals surface area contributed by atoms with Crippen molar-refractivity contribution in [1.29, 1.82) is 0 Å². The van der Waals surface area contributed by atoms with Crippen LogP contribution in [0.4, 0.5) is 0 Å². The molecule has 0 amide bonds. The van der Waals surface area contributed by atoms with E-state index in [-0.39, 0.29) is 6.61 Å². The van der Waals surface area contributed by atoms with Crippen LogP contribution in [0.2, 0.25) is 0 Å². The van der Waals surface area contributed by atoms with Crippen LogP contribution in [0, 0.1) is 6.92 Å². The summed E-state index contributed by atoms with van der Waals surface area (Å²) in [6.45, 7) is 2.18. The highest BCUT2D eigenvalue weighted by molar-refractivity contribution is 7.09. The van der Waals surface area contributed by atoms with E-state index in [2.05, 4.69) is 11.1 Å². The van der Waals surface area contributed by atoms with E-state index in [1.165, 1.54) is 5.56 Å². The molecule has 0 aliphatic heterocycles. The zero-order valence-corrected chi connectivity index (χ0v) is 10.8. The van der Waals surface area contributed by atoms with Gasteiger partial charge in [0.1, 0.15) is 5.75 Å². The quantitative estimate of drug-likeness (QED) is 0.905. The first-order valence-corrected chi connectivity index (χ1v) is 6.33. The van der Waals surface area contributed by atoms with Crippen LogP contribution in [0.15, 0.2) is 23.6 Å². The van der Waals surface area contributed by atoms with Crippen molar-refractivity contribution in [2.75, 3.05) is 13.7 Å². The van der Waals surface area contributed by atoms with Crippen molar-refractivity contribution in [3.63, 3.8) is 0 Å². The van der Waals surface area contributed by atoms with E-state index in [1.54, 1.807) is 18.4 Å². The molecule has 0 bridgehead atoms. The van der Waals surface area contributed by atoms with Gasteiger partial charge in [-0.15, -0.1) is 11.3 Å². The molecule has 4 heteroatoms. The molecule has 17 heavy (non-hydrogen) atoms. The molecule has 1 aromatic heterocycles. The Labute approximate surface area is 105 Å². The number of aliphatic hydroxyl groups excluding tert-OH is 1. The van der Waals surface area contributed by atoms with Crippen LogP contribution in [0.1, 0.15) is 10.6 Å². The number of thiazole rings is 1. The number of hydrogen-bond acceptors (Lipinski definition) is 4. The number of aromatic nitrogens is 1. The highest BCUT2D eigenvalue weighted by Crippen LogP contribution is 2.31. The summed E-state index contributed by atoms with van der Waals surface area (Å²) < 4.78 is 5.34. The molecular weight excluding hydrogens is 234 g/mol. The molecule has 0 saturated carbocycles. The molecule has 0 atom stereocenters. The van der Waals surface area contributed by atoms with E-state index in [9.17, 15) is 0 Å². The lowest BCUT2D eigenvalue weighted by molar-refractivity contribution is 0.299. The molecule has 0 radical (unpaired) electrons. The van der Waals surface area contributed by atoms with E-state index < -0.39 is 0 Å². The molecule has 0 aliphatic rings. The molecule has 2 aromatic rings. The average molecular weight is 249 g/mol. The predicted octanol–water partition coefficient (Wildman–Crippen LogP) is 2.66. The molecule has 2 rings (SSSR count). The molecule has 0 saturated heterocycles. The third-order valence-corrected chi connectivity index (χ3v) is 3.42. The van der Waals surface area contributed by atoms with Crippen LogP contribution in [0.5, 0.6) is 5.75 Å². The Morgan fingerprint density at radius 2 is 2.24 bits per heavy atom. The molecule has 0 aliphatic carbocycles. The second kappa shape index (κ2) is 5.29. The fraction of sp³-hybridized carbons (Fsp3) is 0.308. The zero-order chi connectivity index (χ0) is 12.3. The van der Waals surface area contributed by atoms with Crippen LogP contribution >= 0.6 is 11.3 Å². The Kier molecular flexibility index (Phi) is 3.76. The van der Waals surface area contributed by atoms with Crippen LogP contribution in [0.25, 0.3) is 11.3 Å². The maximum atomic E-state index is 8.89. The fourth-order valence-corrected chi connectivity index (χ4v) is 2.45. The minimum Gasteiger partial charge on any atom is -0.496 e. The molecule has 1 aromatic carbocycles. The van der Waals surface area contributed by atoms with E-state index in [1.807, 2.05) is 24.4 Å². The van der Waals surface area contributed by atoms with E-state index in [0.29, 0.717) is 6.42 Å². The zero-order valence-electron chi connectivity index (χ0n) is 9.93. The maximum absolute atomic E-state index is 8.89. The SMILES string of the molecule is COc1ccc(C)cc1-c1csc(CCO)n1. The topological polar surface area (TPSA) is 42.4 Å². The smallest absolute Gasteiger partial charge is 0.128 e. The molecule has 0 unspecified atom stereocenters. The number of ether oxygens (including phenoxy) is 1. The average Bonchev–Trinajstić information content (AvgIpc) is 2.78. The third-order valence-electron chi connectivity index (χ3n) is 2.51. The highest BCUT2D eigenvalue weighted by Gasteiger charge is 2.09. The molecule has 1 N–H and O–H groups in total. The summed E-state index contributed by atoms with van der Waals surface area (Å²) in [6, 6.07) is 6.04. The molecule has 0 spiro atoms. The van der Waals surface area contributed by atoms with Crippen molar-refractivity contribution in [2.45, 2.75) is 13.3 Å². The van der Waals surface area contributed by atoms with Gasteiger partial charge >= 0.3 is 0 Å². The third kappa shape index (κ3) is 2.65. The molecule has 90 valence electrons. The summed E-state index contributed by atoms with van der Waals surface area (Å²) in [5.41, 5.74) is 3.10. The lowest BCUT2D eigenvalue weighted by Gasteiger charge is -2.06. The summed E-state index contributed by atoms with van der Waals surface area (Å²) in [5, 5.41) is 11.8. The Balaban J connectivity index is 2.40. The fourth-order valence-electron chi connectivity index (χ4n) is 1.67. The van der Waals surface area contributed by atoms with Crippen LogP contribution in [-0.2, 0) is 6.42 Å². The summed E-state index contributed by atoms with van der Waals surface area (Å²) in [7, 11) is 1.66. The first kappa shape index (κ1) is 12.1. The van der Waals surface area contributed by atoms with E-state index in [4.69, 9.17) is 9.84 Å². The van der Waals surface area contributed by atoms with Crippen molar-refractivity contribution < 1.29 is 9.84 Å². The van der Waals surface area contributed by atoms with Gasteiger partial charge in [0.25, 0.3) is 0 Å². The van der Waals surface area contributed by atoms with Gasteiger partial charge in [0.15, 0.2) is 0 Å². The minimum atomic E-state index is 0.137. The minimum absolute atomic E-state index is 0.137. The van der Waals surface area contributed by atoms with Crippen molar-refractivity contribution in [1.82, 2.24) is 4.98 Å². The van der Waals surface area contributed by atoms with Gasteiger partial charge in [-0.2, -0.15) is 0 Å². The second-order valence-electron chi connectivity index (χ2n) is 3.80. The van der Waals surface area contributed by atoms with E-state index >= 15 is 0 Å². The van der Waals surface area contributed by atoms with Gasteiger partial charge in [-0.3, -0.25) is 0 Å². The first-order chi connectivity index (χ1) is 8.24. The van der Waals surface area contributed by atoms with Gasteiger partial charge in [-0.25, -0.2) is 4.98 Å². The standard InChI is InChI=1S/C13H15NO2S/c1-9-3-4-12(16-2)10(7-9)11-8-17-13(14-11)5-6-15/h3-4,7-8,15H,5-6H2,1-2H3. The van der Waals surface area contributed by atoms with Crippen LogP contribution < -0.4 is 4.74 Å². The van der Waals surface area contributed by atoms with Crippen molar-refractivity contribution >= 4 is 11.3 Å². The van der Waals surface area contributed by atoms with Gasteiger partial charge in [0.2, 0.25) is 0 Å². The van der Waals surface area contributed by atoms with Crippen molar-refractivity contribution in [2.24, 2.45) is 0 Å². The van der Waals surface area contributed by atoms with Gasteiger partial charge in [0.05, 0.1) is 17.8 Å². The number of methoxy groups -OCH3 is 1. The molecule has 1 heterocycles. The molecular formula is C13H15NO2S. The van der Waals surface area contributed by atoms with E-state index in [0.717, 1.165) is 22.0 Å². The lowest BCUT2D eigenvalue weighted by Crippen LogP contribution is -1.91. The summed E-state index contributed by atoms with van der Waals surface area (Å²) in [6.07, 6.45) is 0.610. The molecule has 3 nitrogen and oxygen atoms in total. The first-order valence-electron chi connectivity index (χ1n) is 5.45. The lowest BCUT2D eigenvalue weighted by atomic mass is 10.1. The number of nitrogens with zero attached hydrogens (tertiary/aromatic N) is 1. The van der Waals surface area contributed by atoms with Crippen LogP contribution in [-0.4, -0.2) is 23.8 Å². The van der Waals surface area contributed by atoms with Crippen molar-refractivity contribution in [3.05, 3.63) is 34.2 Å². The van der Waals surface area contributed by atoms with Gasteiger partial charge < -0.3 is 9.84 Å². The number of rotatable bonds is 4. The number of hydrogen-bond donors (Lipinski definition) is 1. The van der Waals surface area contributed by atoms with Crippen LogP contribution in [0.3, 0.4) is 0 Å². The largest absolute Gasteiger partial charge is 0.496 e. The Hall–Kier alpha value is -1.39. The monoisotopic (exact) mass is 249 g/mol. The summed E-state index contributed by atoms with van der Waals surface area (Å²) in [5.74, 6) is 0.830. The Morgan fingerprint density at radius 3 is 2.94 bits per heavy atom. The van der Waals surface area contributed by atoms with Gasteiger partial charge in [-0.05, 0) is 19.1 Å². The van der Waals surface area contributed by atoms with Crippen molar-refractivity contribution in [3.8, 4) is 17.0 Å². The predicted molar refractivity (Wildman–Crippen MR) is 69.6 cm³/mol. The normalized spacial score (nSPS) is 10.5. The van der Waals surface area contributed by atoms with Gasteiger partial charge in [0, 0.05) is 24.0 Å². The number of aryl methyl sites for hydroxylation is 1.